The summed E-state index contributed by atoms with van der Waals surface area (Å²) >= 11 is 1.39. The van der Waals surface area contributed by atoms with Crippen LogP contribution in [0, 0.1) is 19.8 Å². The highest BCUT2D eigenvalue weighted by Crippen LogP contribution is 2.32. The summed E-state index contributed by atoms with van der Waals surface area (Å²) in [4.78, 5) is 31.4. The Morgan fingerprint density at radius 3 is 2.82 bits per heavy atom. The van der Waals surface area contributed by atoms with Crippen molar-refractivity contribution >= 4 is 44.2 Å². The van der Waals surface area contributed by atoms with Gasteiger partial charge in [0.2, 0.25) is 11.8 Å². The predicted molar refractivity (Wildman–Crippen MR) is 111 cm³/mol. The normalized spacial score (nSPS) is 16.6. The number of anilines is 2. The average Bonchev–Trinajstić information content (AvgIpc) is 3.24. The lowest BCUT2D eigenvalue weighted by molar-refractivity contribution is -0.122. The minimum Gasteiger partial charge on any atom is -0.497 e. The van der Waals surface area contributed by atoms with Crippen molar-refractivity contribution in [1.82, 2.24) is 4.98 Å². The molecule has 4 rings (SSSR count). The number of aromatic nitrogens is 1. The molecule has 2 heterocycles. The van der Waals surface area contributed by atoms with E-state index in [0.717, 1.165) is 32.8 Å². The van der Waals surface area contributed by atoms with Gasteiger partial charge in [0.25, 0.3) is 0 Å². The van der Waals surface area contributed by atoms with Crippen molar-refractivity contribution < 1.29 is 14.3 Å². The Balaban J connectivity index is 1.49. The highest BCUT2D eigenvalue weighted by atomic mass is 32.1. The monoisotopic (exact) mass is 395 g/mol. The van der Waals surface area contributed by atoms with Gasteiger partial charge in [-0.15, -0.1) is 0 Å². The maximum absolute atomic E-state index is 12.7. The van der Waals surface area contributed by atoms with Crippen LogP contribution in [-0.2, 0) is 9.59 Å². The molecule has 28 heavy (non-hydrogen) atoms. The Hall–Kier alpha value is -2.93. The molecule has 3 aromatic rings. The molecular weight excluding hydrogens is 374 g/mol. The van der Waals surface area contributed by atoms with E-state index in [2.05, 4.69) is 10.3 Å². The van der Waals surface area contributed by atoms with Crippen molar-refractivity contribution in [2.75, 3.05) is 23.9 Å². The molecule has 2 aromatic carbocycles. The predicted octanol–water partition coefficient (Wildman–Crippen LogP) is 3.91. The van der Waals surface area contributed by atoms with Crippen LogP contribution in [0.5, 0.6) is 5.75 Å². The van der Waals surface area contributed by atoms with Crippen LogP contribution >= 0.6 is 11.3 Å². The standard InChI is InChI=1S/C21H21N3O3S/c1-12-4-7-17(13(2)8-12)24-11-14(9-19(24)25)20(26)23-21-22-16-6-5-15(27-3)10-18(16)28-21/h4-8,10,14H,9,11H2,1-3H3,(H,22,23,26). The molecule has 1 N–H and O–H groups in total. The van der Waals surface area contributed by atoms with Crippen LogP contribution in [-0.4, -0.2) is 30.5 Å². The van der Waals surface area contributed by atoms with E-state index in [1.807, 2.05) is 50.2 Å². The number of rotatable bonds is 4. The van der Waals surface area contributed by atoms with Gasteiger partial charge in [-0.1, -0.05) is 29.0 Å². The van der Waals surface area contributed by atoms with Crippen molar-refractivity contribution in [3.05, 3.63) is 47.5 Å². The molecule has 1 aliphatic heterocycles. The number of amides is 2. The minimum atomic E-state index is -0.394. The van der Waals surface area contributed by atoms with Crippen LogP contribution in [0.25, 0.3) is 10.2 Å². The second-order valence-corrected chi connectivity index (χ2v) is 8.07. The van der Waals surface area contributed by atoms with E-state index in [1.165, 1.54) is 11.3 Å². The Kier molecular flexibility index (Phi) is 4.77. The lowest BCUT2D eigenvalue weighted by atomic mass is 10.1. The van der Waals surface area contributed by atoms with Gasteiger partial charge in [0.15, 0.2) is 5.13 Å². The number of fused-ring (bicyclic) bond motifs is 1. The van der Waals surface area contributed by atoms with Gasteiger partial charge < -0.3 is 15.0 Å². The molecular formula is C21H21N3O3S. The molecule has 1 fully saturated rings. The third kappa shape index (κ3) is 3.45. The van der Waals surface area contributed by atoms with Crippen molar-refractivity contribution in [3.8, 4) is 5.75 Å². The topological polar surface area (TPSA) is 71.5 Å². The first-order valence-corrected chi connectivity index (χ1v) is 9.89. The molecule has 0 radical (unpaired) electrons. The quantitative estimate of drug-likeness (QED) is 0.727. The van der Waals surface area contributed by atoms with Crippen molar-refractivity contribution in [3.63, 3.8) is 0 Å². The van der Waals surface area contributed by atoms with Gasteiger partial charge >= 0.3 is 0 Å². The van der Waals surface area contributed by atoms with Gasteiger partial charge in [0.1, 0.15) is 5.75 Å². The summed E-state index contributed by atoms with van der Waals surface area (Å²) in [6.45, 7) is 4.39. The fourth-order valence-corrected chi connectivity index (χ4v) is 4.41. The third-order valence-electron chi connectivity index (χ3n) is 4.96. The maximum Gasteiger partial charge on any atom is 0.231 e. The van der Waals surface area contributed by atoms with E-state index < -0.39 is 5.92 Å². The Bertz CT molecular complexity index is 1080. The van der Waals surface area contributed by atoms with Gasteiger partial charge in [-0.05, 0) is 43.7 Å². The first kappa shape index (κ1) is 18.4. The highest BCUT2D eigenvalue weighted by molar-refractivity contribution is 7.22. The summed E-state index contributed by atoms with van der Waals surface area (Å²) in [6, 6.07) is 11.6. The second kappa shape index (κ2) is 7.24. The van der Waals surface area contributed by atoms with Crippen LogP contribution in [0.15, 0.2) is 36.4 Å². The molecule has 1 aromatic heterocycles. The molecule has 1 saturated heterocycles. The molecule has 0 bridgehead atoms. The summed E-state index contributed by atoms with van der Waals surface area (Å²) in [5, 5.41) is 3.41. The summed E-state index contributed by atoms with van der Waals surface area (Å²) in [6.07, 6.45) is 0.206. The van der Waals surface area contributed by atoms with Crippen LogP contribution in [0.4, 0.5) is 10.8 Å². The van der Waals surface area contributed by atoms with E-state index in [4.69, 9.17) is 4.74 Å². The molecule has 1 unspecified atom stereocenters. The first-order valence-electron chi connectivity index (χ1n) is 9.07. The van der Waals surface area contributed by atoms with Crippen molar-refractivity contribution in [2.24, 2.45) is 5.92 Å². The number of carbonyl (C=O) groups excluding carboxylic acids is 2. The molecule has 7 heteroatoms. The molecule has 6 nitrogen and oxygen atoms in total. The zero-order chi connectivity index (χ0) is 19.8. The molecule has 0 spiro atoms. The van der Waals surface area contributed by atoms with E-state index in [-0.39, 0.29) is 18.2 Å². The first-order chi connectivity index (χ1) is 13.4. The van der Waals surface area contributed by atoms with Crippen LogP contribution < -0.4 is 15.0 Å². The summed E-state index contributed by atoms with van der Waals surface area (Å²) in [7, 11) is 1.61. The molecule has 144 valence electrons. The highest BCUT2D eigenvalue weighted by Gasteiger charge is 2.36. The van der Waals surface area contributed by atoms with E-state index in [0.29, 0.717) is 11.7 Å². The number of benzene rings is 2. The van der Waals surface area contributed by atoms with Gasteiger partial charge in [0, 0.05) is 18.7 Å². The summed E-state index contributed by atoms with van der Waals surface area (Å²) in [5.41, 5.74) is 3.86. The number of ether oxygens (including phenoxy) is 1. The number of carbonyl (C=O) groups is 2. The molecule has 1 atom stereocenters. The Morgan fingerprint density at radius 2 is 2.07 bits per heavy atom. The SMILES string of the molecule is COc1ccc2nc(NC(=O)C3CC(=O)N(c4ccc(C)cc4C)C3)sc2c1. The smallest absolute Gasteiger partial charge is 0.231 e. The number of nitrogens with zero attached hydrogens (tertiary/aromatic N) is 2. The zero-order valence-electron chi connectivity index (χ0n) is 16.0. The largest absolute Gasteiger partial charge is 0.497 e. The Labute approximate surface area is 167 Å². The number of hydrogen-bond donors (Lipinski definition) is 1. The third-order valence-corrected chi connectivity index (χ3v) is 5.90. The lowest BCUT2D eigenvalue weighted by Gasteiger charge is -2.19. The second-order valence-electron chi connectivity index (χ2n) is 7.04. The van der Waals surface area contributed by atoms with E-state index >= 15 is 0 Å². The van der Waals surface area contributed by atoms with Gasteiger partial charge in [-0.25, -0.2) is 4.98 Å². The lowest BCUT2D eigenvalue weighted by Crippen LogP contribution is -2.28. The van der Waals surface area contributed by atoms with Crippen molar-refractivity contribution in [2.45, 2.75) is 20.3 Å². The molecule has 1 aliphatic rings. The molecule has 2 amide bonds. The zero-order valence-corrected chi connectivity index (χ0v) is 16.8. The number of thiazole rings is 1. The number of hydrogen-bond acceptors (Lipinski definition) is 5. The molecule has 0 saturated carbocycles. The average molecular weight is 395 g/mol. The molecule has 0 aliphatic carbocycles. The maximum atomic E-state index is 12.7. The number of aryl methyl sites for hydroxylation is 2. The van der Waals surface area contributed by atoms with Gasteiger partial charge in [0.05, 0.1) is 23.2 Å². The van der Waals surface area contributed by atoms with Gasteiger partial charge in [-0.3, -0.25) is 9.59 Å². The fraction of sp³-hybridized carbons (Fsp3) is 0.286. The summed E-state index contributed by atoms with van der Waals surface area (Å²) < 4.78 is 6.16. The minimum absolute atomic E-state index is 0.0267. The van der Waals surface area contributed by atoms with Crippen molar-refractivity contribution in [1.29, 1.82) is 0 Å². The van der Waals surface area contributed by atoms with E-state index in [9.17, 15) is 9.59 Å². The van der Waals surface area contributed by atoms with Crippen LogP contribution in [0.1, 0.15) is 17.5 Å². The van der Waals surface area contributed by atoms with Crippen LogP contribution in [0.2, 0.25) is 0 Å². The fourth-order valence-electron chi connectivity index (χ4n) is 3.52. The van der Waals surface area contributed by atoms with Gasteiger partial charge in [-0.2, -0.15) is 0 Å². The number of methoxy groups -OCH3 is 1. The summed E-state index contributed by atoms with van der Waals surface area (Å²) in [5.74, 6) is 0.155. The van der Waals surface area contributed by atoms with Crippen LogP contribution in [0.3, 0.4) is 0 Å². The van der Waals surface area contributed by atoms with E-state index in [1.54, 1.807) is 12.0 Å². The number of nitrogens with one attached hydrogen (secondary N) is 1. The Morgan fingerprint density at radius 1 is 1.25 bits per heavy atom.